The van der Waals surface area contributed by atoms with Gasteiger partial charge in [-0.25, -0.2) is 29.3 Å². The van der Waals surface area contributed by atoms with E-state index in [4.69, 9.17) is 0 Å². The zero-order chi connectivity index (χ0) is 25.5. The van der Waals surface area contributed by atoms with E-state index < -0.39 is 5.82 Å². The lowest BCUT2D eigenvalue weighted by Gasteiger charge is -2.37. The molecule has 2 aliphatic heterocycles. The van der Waals surface area contributed by atoms with Gasteiger partial charge in [0.2, 0.25) is 5.95 Å². The lowest BCUT2D eigenvalue weighted by Crippen LogP contribution is -2.49. The van der Waals surface area contributed by atoms with Crippen molar-refractivity contribution in [2.75, 3.05) is 31.5 Å². The van der Waals surface area contributed by atoms with E-state index in [1.807, 2.05) is 25.3 Å². The van der Waals surface area contributed by atoms with Gasteiger partial charge in [0.1, 0.15) is 17.3 Å². The Labute approximate surface area is 215 Å². The average Bonchev–Trinajstić information content (AvgIpc) is 3.49. The highest BCUT2D eigenvalue weighted by atomic mass is 19.1. The quantitative estimate of drug-likeness (QED) is 0.418. The van der Waals surface area contributed by atoms with E-state index in [1.54, 1.807) is 6.20 Å². The van der Waals surface area contributed by atoms with Gasteiger partial charge in [-0.05, 0) is 57.9 Å². The Hall–Kier alpha value is -3.50. The van der Waals surface area contributed by atoms with Gasteiger partial charge in [-0.1, -0.05) is 6.07 Å². The minimum atomic E-state index is -0.510. The van der Waals surface area contributed by atoms with Crippen molar-refractivity contribution >= 4 is 22.9 Å². The van der Waals surface area contributed by atoms with E-state index in [-0.39, 0.29) is 17.7 Å². The second kappa shape index (κ2) is 9.75. The van der Waals surface area contributed by atoms with Gasteiger partial charge in [-0.15, -0.1) is 0 Å². The van der Waals surface area contributed by atoms with Gasteiger partial charge in [0, 0.05) is 56.2 Å². The average molecular weight is 502 g/mol. The molecule has 0 spiro atoms. The minimum absolute atomic E-state index is 0.184. The number of nitrogens with one attached hydrogen (secondary N) is 1. The van der Waals surface area contributed by atoms with Gasteiger partial charge in [0.15, 0.2) is 11.5 Å². The molecule has 0 aliphatic carbocycles. The molecular weight excluding hydrogens is 469 g/mol. The third-order valence-corrected chi connectivity index (χ3v) is 7.40. The van der Waals surface area contributed by atoms with Crippen LogP contribution >= 0.6 is 0 Å². The second-order valence-electron chi connectivity index (χ2n) is 10.3. The third kappa shape index (κ3) is 4.78. The van der Waals surface area contributed by atoms with Crippen LogP contribution in [0.1, 0.15) is 44.1 Å². The molecule has 10 heteroatoms. The minimum Gasteiger partial charge on any atom is -0.324 e. The fourth-order valence-electron chi connectivity index (χ4n) is 5.67. The van der Waals surface area contributed by atoms with Crippen molar-refractivity contribution < 1.29 is 4.39 Å². The van der Waals surface area contributed by atoms with Gasteiger partial charge in [-0.3, -0.25) is 9.80 Å². The lowest BCUT2D eigenvalue weighted by molar-refractivity contribution is 0.0993. The maximum atomic E-state index is 14.8. The van der Waals surface area contributed by atoms with E-state index in [1.165, 1.54) is 31.1 Å². The highest BCUT2D eigenvalue weighted by molar-refractivity contribution is 5.78. The number of aromatic nitrogens is 6. The molecule has 6 heterocycles. The predicted octanol–water partition coefficient (Wildman–Crippen LogP) is 4.34. The van der Waals surface area contributed by atoms with Gasteiger partial charge < -0.3 is 9.88 Å². The van der Waals surface area contributed by atoms with Crippen LogP contribution in [-0.2, 0) is 6.54 Å². The summed E-state index contributed by atoms with van der Waals surface area (Å²) in [6.45, 7) is 11.7. The molecule has 1 atom stereocenters. The first-order valence-electron chi connectivity index (χ1n) is 13.0. The summed E-state index contributed by atoms with van der Waals surface area (Å²) < 4.78 is 16.9. The normalized spacial score (nSPS) is 18.6. The molecular formula is C27H32FN9. The molecule has 0 unspecified atom stereocenters. The molecule has 4 aromatic rings. The maximum Gasteiger partial charge on any atom is 0.229 e. The third-order valence-electron chi connectivity index (χ3n) is 7.40. The van der Waals surface area contributed by atoms with Crippen molar-refractivity contribution in [1.29, 1.82) is 0 Å². The van der Waals surface area contributed by atoms with Gasteiger partial charge >= 0.3 is 0 Å². The molecule has 0 saturated carbocycles. The highest BCUT2D eigenvalue weighted by Crippen LogP contribution is 2.27. The molecule has 0 aromatic carbocycles. The Balaban J connectivity index is 1.18. The topological polar surface area (TPSA) is 87.9 Å². The van der Waals surface area contributed by atoms with Crippen LogP contribution in [0.4, 0.5) is 16.2 Å². The van der Waals surface area contributed by atoms with Crippen molar-refractivity contribution in [2.45, 2.75) is 52.2 Å². The van der Waals surface area contributed by atoms with Crippen molar-refractivity contribution in [3.8, 4) is 11.3 Å². The molecule has 2 saturated heterocycles. The summed E-state index contributed by atoms with van der Waals surface area (Å²) in [6.07, 6.45) is 7.30. The zero-order valence-corrected chi connectivity index (χ0v) is 21.5. The summed E-state index contributed by atoms with van der Waals surface area (Å²) in [5.41, 5.74) is 3.42. The van der Waals surface area contributed by atoms with E-state index in [0.29, 0.717) is 23.1 Å². The summed E-state index contributed by atoms with van der Waals surface area (Å²) in [6, 6.07) is 6.80. The van der Waals surface area contributed by atoms with Gasteiger partial charge in [0.25, 0.3) is 0 Å². The Bertz CT molecular complexity index is 1420. The summed E-state index contributed by atoms with van der Waals surface area (Å²) in [5.74, 6) is 1.26. The maximum absolute atomic E-state index is 14.8. The van der Waals surface area contributed by atoms with Crippen LogP contribution in [0.15, 0.2) is 36.8 Å². The Morgan fingerprint density at radius 3 is 2.76 bits per heavy atom. The standard InChI is InChI=1S/C27H32FN9/c1-17(2)37-18(3)32-26-23(37)11-20(13-30-26)25-22(28)14-31-27(34-25)33-24-7-6-19(12-29-24)15-35-9-10-36-8-4-5-21(36)16-35/h6-7,11-14,17,21H,4-5,8-10,15-16H2,1-3H3,(H,29,31,33,34)/t21-/m1/s1. The number of hydrogen-bond acceptors (Lipinski definition) is 8. The Kier molecular flexibility index (Phi) is 6.29. The first kappa shape index (κ1) is 23.9. The van der Waals surface area contributed by atoms with Crippen LogP contribution in [-0.4, -0.2) is 71.5 Å². The largest absolute Gasteiger partial charge is 0.324 e. The van der Waals surface area contributed by atoms with Crippen LogP contribution in [0.5, 0.6) is 0 Å². The fourth-order valence-corrected chi connectivity index (χ4v) is 5.67. The highest BCUT2D eigenvalue weighted by Gasteiger charge is 2.30. The van der Waals surface area contributed by atoms with Crippen LogP contribution in [0.25, 0.3) is 22.4 Å². The molecule has 9 nitrogen and oxygen atoms in total. The van der Waals surface area contributed by atoms with Crippen LogP contribution in [0.2, 0.25) is 0 Å². The van der Waals surface area contributed by atoms with E-state index in [9.17, 15) is 4.39 Å². The molecule has 192 valence electrons. The number of nitrogens with zero attached hydrogens (tertiary/aromatic N) is 8. The number of anilines is 2. The predicted molar refractivity (Wildman–Crippen MR) is 141 cm³/mol. The first-order valence-corrected chi connectivity index (χ1v) is 13.0. The second-order valence-corrected chi connectivity index (χ2v) is 10.3. The van der Waals surface area contributed by atoms with E-state index in [0.717, 1.165) is 37.5 Å². The van der Waals surface area contributed by atoms with Crippen molar-refractivity contribution in [1.82, 2.24) is 39.3 Å². The molecule has 0 radical (unpaired) electrons. The number of pyridine rings is 2. The van der Waals surface area contributed by atoms with E-state index >= 15 is 0 Å². The van der Waals surface area contributed by atoms with Crippen LogP contribution in [0.3, 0.4) is 0 Å². The SMILES string of the molecule is Cc1nc2ncc(-c3nc(Nc4ccc(CN5CCN6CCC[C@@H]6C5)cn4)ncc3F)cc2n1C(C)C. The number of hydrogen-bond donors (Lipinski definition) is 1. The number of imidazole rings is 1. The van der Waals surface area contributed by atoms with Gasteiger partial charge in [-0.2, -0.15) is 0 Å². The number of halogens is 1. The molecule has 2 fully saturated rings. The molecule has 1 N–H and O–H groups in total. The summed E-state index contributed by atoms with van der Waals surface area (Å²) in [7, 11) is 0. The molecule has 37 heavy (non-hydrogen) atoms. The molecule has 4 aromatic heterocycles. The monoisotopic (exact) mass is 501 g/mol. The number of rotatable bonds is 6. The number of piperazine rings is 1. The fraction of sp³-hybridized carbons (Fsp3) is 0.444. The van der Waals surface area contributed by atoms with Crippen molar-refractivity contribution in [3.05, 3.63) is 54.0 Å². The Morgan fingerprint density at radius 2 is 1.95 bits per heavy atom. The smallest absolute Gasteiger partial charge is 0.229 e. The number of fused-ring (bicyclic) bond motifs is 2. The number of aryl methyl sites for hydroxylation is 1. The van der Waals surface area contributed by atoms with Crippen molar-refractivity contribution in [2.24, 2.45) is 0 Å². The summed E-state index contributed by atoms with van der Waals surface area (Å²) in [4.78, 5) is 27.3. The van der Waals surface area contributed by atoms with Gasteiger partial charge in [0.05, 0.1) is 11.7 Å². The molecule has 6 rings (SSSR count). The Morgan fingerprint density at radius 1 is 1.05 bits per heavy atom. The van der Waals surface area contributed by atoms with E-state index in [2.05, 4.69) is 64.5 Å². The molecule has 0 bridgehead atoms. The lowest BCUT2D eigenvalue weighted by atomic mass is 10.1. The van der Waals surface area contributed by atoms with Crippen molar-refractivity contribution in [3.63, 3.8) is 0 Å². The first-order chi connectivity index (χ1) is 17.9. The summed E-state index contributed by atoms with van der Waals surface area (Å²) >= 11 is 0. The van der Waals surface area contributed by atoms with Crippen LogP contribution in [0, 0.1) is 12.7 Å². The molecule has 2 aliphatic rings. The van der Waals surface area contributed by atoms with Crippen LogP contribution < -0.4 is 5.32 Å². The molecule has 0 amide bonds. The summed E-state index contributed by atoms with van der Waals surface area (Å²) in [5, 5.41) is 3.12. The zero-order valence-electron chi connectivity index (χ0n) is 21.5.